The number of ether oxygens (including phenoxy) is 1. The van der Waals surface area contributed by atoms with Crippen LogP contribution in [0.4, 0.5) is 16.2 Å². The molecule has 0 radical (unpaired) electrons. The first-order valence-electron chi connectivity index (χ1n) is 8.98. The van der Waals surface area contributed by atoms with Gasteiger partial charge in [0.2, 0.25) is 0 Å². The Morgan fingerprint density at radius 1 is 1.04 bits per heavy atom. The van der Waals surface area contributed by atoms with Gasteiger partial charge in [0.1, 0.15) is 11.5 Å². The molecule has 0 spiro atoms. The number of hydrogen-bond acceptors (Lipinski definition) is 3. The van der Waals surface area contributed by atoms with E-state index < -0.39 is 0 Å². The predicted molar refractivity (Wildman–Crippen MR) is 109 cm³/mol. The van der Waals surface area contributed by atoms with Crippen LogP contribution in [0.1, 0.15) is 33.1 Å². The highest BCUT2D eigenvalue weighted by molar-refractivity contribution is 6.32. The highest BCUT2D eigenvalue weighted by atomic mass is 35.5. The molecule has 2 rings (SSSR count). The van der Waals surface area contributed by atoms with Crippen molar-refractivity contribution in [3.8, 4) is 11.5 Å². The third kappa shape index (κ3) is 6.48. The second-order valence-corrected chi connectivity index (χ2v) is 6.30. The molecule has 2 amide bonds. The summed E-state index contributed by atoms with van der Waals surface area (Å²) in [5.41, 5.74) is 1.66. The minimum absolute atomic E-state index is 0.232. The minimum Gasteiger partial charge on any atom is -0.456 e. The van der Waals surface area contributed by atoms with Crippen molar-refractivity contribution in [3.05, 3.63) is 47.5 Å². The Balaban J connectivity index is 1.91. The van der Waals surface area contributed by atoms with Crippen molar-refractivity contribution in [1.29, 1.82) is 0 Å². The fourth-order valence-corrected chi connectivity index (χ4v) is 2.60. The Kier molecular flexibility index (Phi) is 8.09. The molecule has 0 aliphatic carbocycles. The number of unbranched alkanes of at least 4 members (excludes halogenated alkanes) is 2. The summed E-state index contributed by atoms with van der Waals surface area (Å²) in [6, 6.07) is 12.6. The molecule has 0 aliphatic heterocycles. The lowest BCUT2D eigenvalue weighted by Gasteiger charge is -2.11. The smallest absolute Gasteiger partial charge is 0.319 e. The molecular formula is C20H26ClN3O2. The van der Waals surface area contributed by atoms with Gasteiger partial charge in [0.25, 0.3) is 0 Å². The predicted octanol–water partition coefficient (Wildman–Crippen LogP) is 5.88. The Morgan fingerprint density at radius 3 is 2.42 bits per heavy atom. The van der Waals surface area contributed by atoms with E-state index in [1.807, 2.05) is 31.2 Å². The molecule has 26 heavy (non-hydrogen) atoms. The van der Waals surface area contributed by atoms with E-state index in [-0.39, 0.29) is 6.03 Å². The molecule has 0 atom stereocenters. The summed E-state index contributed by atoms with van der Waals surface area (Å²) in [6.07, 6.45) is 3.20. The summed E-state index contributed by atoms with van der Waals surface area (Å²) >= 11 is 6.28. The summed E-state index contributed by atoms with van der Waals surface area (Å²) < 4.78 is 5.81. The lowest BCUT2D eigenvalue weighted by atomic mass is 10.2. The molecule has 140 valence electrons. The van der Waals surface area contributed by atoms with E-state index in [9.17, 15) is 4.79 Å². The summed E-state index contributed by atoms with van der Waals surface area (Å²) in [7, 11) is 0. The van der Waals surface area contributed by atoms with Gasteiger partial charge in [-0.05, 0) is 55.8 Å². The lowest BCUT2D eigenvalue weighted by molar-refractivity contribution is 0.252. The van der Waals surface area contributed by atoms with Crippen molar-refractivity contribution in [1.82, 2.24) is 5.32 Å². The number of anilines is 2. The van der Waals surface area contributed by atoms with Gasteiger partial charge in [-0.3, -0.25) is 0 Å². The van der Waals surface area contributed by atoms with Gasteiger partial charge in [0, 0.05) is 24.5 Å². The SMILES string of the molecule is CCCCCNC(=O)Nc1ccc(Oc2ccc(NCC)cc2)c(Cl)c1. The van der Waals surface area contributed by atoms with Crippen molar-refractivity contribution in [2.75, 3.05) is 23.7 Å². The van der Waals surface area contributed by atoms with Crippen molar-refractivity contribution in [3.63, 3.8) is 0 Å². The van der Waals surface area contributed by atoms with Gasteiger partial charge in [-0.1, -0.05) is 31.4 Å². The van der Waals surface area contributed by atoms with Gasteiger partial charge in [-0.15, -0.1) is 0 Å². The van der Waals surface area contributed by atoms with E-state index >= 15 is 0 Å². The largest absolute Gasteiger partial charge is 0.456 e. The fourth-order valence-electron chi connectivity index (χ4n) is 2.39. The number of halogens is 1. The van der Waals surface area contributed by atoms with Gasteiger partial charge in [-0.25, -0.2) is 4.79 Å². The summed E-state index contributed by atoms with van der Waals surface area (Å²) in [5, 5.41) is 9.26. The van der Waals surface area contributed by atoms with Crippen LogP contribution in [0.2, 0.25) is 5.02 Å². The number of hydrogen-bond donors (Lipinski definition) is 3. The Bertz CT molecular complexity index is 705. The first-order valence-corrected chi connectivity index (χ1v) is 9.36. The topological polar surface area (TPSA) is 62.4 Å². The van der Waals surface area contributed by atoms with E-state index in [1.54, 1.807) is 18.2 Å². The van der Waals surface area contributed by atoms with E-state index in [1.165, 1.54) is 0 Å². The Hall–Kier alpha value is -2.40. The normalized spacial score (nSPS) is 10.3. The highest BCUT2D eigenvalue weighted by Crippen LogP contribution is 2.32. The zero-order valence-corrected chi connectivity index (χ0v) is 16.0. The number of urea groups is 1. The monoisotopic (exact) mass is 375 g/mol. The van der Waals surface area contributed by atoms with Crippen molar-refractivity contribution < 1.29 is 9.53 Å². The van der Waals surface area contributed by atoms with Gasteiger partial charge in [-0.2, -0.15) is 0 Å². The van der Waals surface area contributed by atoms with Crippen LogP contribution in [0.3, 0.4) is 0 Å². The van der Waals surface area contributed by atoms with Crippen LogP contribution in [0, 0.1) is 0 Å². The molecule has 0 aromatic heterocycles. The van der Waals surface area contributed by atoms with E-state index in [0.29, 0.717) is 28.8 Å². The maximum absolute atomic E-state index is 11.8. The molecule has 2 aromatic rings. The third-order valence-electron chi connectivity index (χ3n) is 3.72. The molecule has 0 saturated heterocycles. The number of benzene rings is 2. The van der Waals surface area contributed by atoms with Crippen LogP contribution in [-0.2, 0) is 0 Å². The van der Waals surface area contributed by atoms with Crippen LogP contribution in [0.15, 0.2) is 42.5 Å². The van der Waals surface area contributed by atoms with E-state index in [0.717, 1.165) is 31.5 Å². The quantitative estimate of drug-likeness (QED) is 0.480. The maximum atomic E-state index is 11.8. The lowest BCUT2D eigenvalue weighted by Crippen LogP contribution is -2.29. The van der Waals surface area contributed by atoms with Crippen LogP contribution >= 0.6 is 11.6 Å². The average Bonchev–Trinajstić information content (AvgIpc) is 2.63. The molecule has 0 heterocycles. The zero-order chi connectivity index (χ0) is 18.8. The highest BCUT2D eigenvalue weighted by Gasteiger charge is 2.07. The van der Waals surface area contributed by atoms with E-state index in [2.05, 4.69) is 22.9 Å². The molecular weight excluding hydrogens is 350 g/mol. The number of carbonyl (C=O) groups excluding carboxylic acids is 1. The van der Waals surface area contributed by atoms with Crippen molar-refractivity contribution >= 4 is 29.0 Å². The van der Waals surface area contributed by atoms with Crippen LogP contribution in [0.5, 0.6) is 11.5 Å². The molecule has 0 saturated carbocycles. The summed E-state index contributed by atoms with van der Waals surface area (Å²) in [4.78, 5) is 11.8. The van der Waals surface area contributed by atoms with Gasteiger partial charge in [0.15, 0.2) is 0 Å². The van der Waals surface area contributed by atoms with Crippen LogP contribution in [-0.4, -0.2) is 19.1 Å². The number of carbonyl (C=O) groups is 1. The summed E-state index contributed by atoms with van der Waals surface area (Å²) in [5.74, 6) is 1.24. The van der Waals surface area contributed by atoms with Crippen LogP contribution in [0.25, 0.3) is 0 Å². The molecule has 6 heteroatoms. The minimum atomic E-state index is -0.232. The van der Waals surface area contributed by atoms with Crippen LogP contribution < -0.4 is 20.7 Å². The third-order valence-corrected chi connectivity index (χ3v) is 4.01. The number of amides is 2. The first kappa shape index (κ1) is 19.9. The first-order chi connectivity index (χ1) is 12.6. The second kappa shape index (κ2) is 10.6. The molecule has 3 N–H and O–H groups in total. The fraction of sp³-hybridized carbons (Fsp3) is 0.350. The number of nitrogens with one attached hydrogen (secondary N) is 3. The Morgan fingerprint density at radius 2 is 1.77 bits per heavy atom. The van der Waals surface area contributed by atoms with Crippen molar-refractivity contribution in [2.45, 2.75) is 33.1 Å². The standard InChI is InChI=1S/C20H26ClN3O2/c1-3-5-6-13-23-20(25)24-16-9-12-19(18(21)14-16)26-17-10-7-15(8-11-17)22-4-2/h7-12,14,22H,3-6,13H2,1-2H3,(H2,23,24,25). The molecule has 5 nitrogen and oxygen atoms in total. The number of rotatable bonds is 9. The molecule has 0 fully saturated rings. The summed E-state index contributed by atoms with van der Waals surface area (Å²) in [6.45, 7) is 5.71. The van der Waals surface area contributed by atoms with Crippen molar-refractivity contribution in [2.24, 2.45) is 0 Å². The zero-order valence-electron chi connectivity index (χ0n) is 15.3. The molecule has 0 bridgehead atoms. The maximum Gasteiger partial charge on any atom is 0.319 e. The molecule has 2 aromatic carbocycles. The molecule has 0 aliphatic rings. The van der Waals surface area contributed by atoms with Gasteiger partial charge in [0.05, 0.1) is 5.02 Å². The molecule has 0 unspecified atom stereocenters. The van der Waals surface area contributed by atoms with E-state index in [4.69, 9.17) is 16.3 Å². The van der Waals surface area contributed by atoms with Gasteiger partial charge < -0.3 is 20.7 Å². The van der Waals surface area contributed by atoms with Gasteiger partial charge >= 0.3 is 6.03 Å². The Labute approximate surface area is 160 Å². The second-order valence-electron chi connectivity index (χ2n) is 5.89. The average molecular weight is 376 g/mol.